The molecule has 1 amide bonds. The topological polar surface area (TPSA) is 47.4 Å². The van der Waals surface area contributed by atoms with Gasteiger partial charge in [0.05, 0.1) is 29.4 Å². The molecule has 192 valence electrons. The molecule has 5 nitrogen and oxygen atoms in total. The summed E-state index contributed by atoms with van der Waals surface area (Å²) >= 11 is 12.8. The fourth-order valence-electron chi connectivity index (χ4n) is 4.68. The molecule has 37 heavy (non-hydrogen) atoms. The van der Waals surface area contributed by atoms with E-state index in [1.165, 1.54) is 0 Å². The summed E-state index contributed by atoms with van der Waals surface area (Å²) in [4.78, 5) is 20.8. The van der Waals surface area contributed by atoms with E-state index in [1.807, 2.05) is 77.9 Å². The molecule has 0 aliphatic rings. The number of carbonyl (C=O) groups is 1. The zero-order valence-electron chi connectivity index (χ0n) is 21.5. The maximum Gasteiger partial charge on any atom is 0.247 e. The number of aryl methyl sites for hydroxylation is 2. The molecule has 1 unspecified atom stereocenters. The third-order valence-corrected chi connectivity index (χ3v) is 7.10. The van der Waals surface area contributed by atoms with E-state index in [0.29, 0.717) is 28.0 Å². The number of amides is 1. The van der Waals surface area contributed by atoms with Gasteiger partial charge in [0.2, 0.25) is 5.91 Å². The molecule has 0 radical (unpaired) electrons. The highest BCUT2D eigenvalue weighted by molar-refractivity contribution is 6.37. The van der Waals surface area contributed by atoms with Crippen molar-refractivity contribution in [3.63, 3.8) is 0 Å². The number of methoxy groups -OCH3 is 1. The normalized spacial score (nSPS) is 12.4. The smallest absolute Gasteiger partial charge is 0.247 e. The van der Waals surface area contributed by atoms with Gasteiger partial charge in [-0.3, -0.25) is 4.79 Å². The van der Waals surface area contributed by atoms with Crippen molar-refractivity contribution >= 4 is 58.0 Å². The van der Waals surface area contributed by atoms with Gasteiger partial charge in [0.1, 0.15) is 12.4 Å². The summed E-state index contributed by atoms with van der Waals surface area (Å²) in [6, 6.07) is 19.2. The van der Waals surface area contributed by atoms with E-state index in [-0.39, 0.29) is 18.5 Å². The molecular formula is C30H31Cl2N3O2. The number of aromatic nitrogens is 2. The lowest BCUT2D eigenvalue weighted by Gasteiger charge is -2.32. The van der Waals surface area contributed by atoms with Crippen molar-refractivity contribution < 1.29 is 9.53 Å². The Kier molecular flexibility index (Phi) is 8.70. The number of hydrogen-bond donors (Lipinski definition) is 0. The first kappa shape index (κ1) is 26.9. The van der Waals surface area contributed by atoms with Gasteiger partial charge in [0.15, 0.2) is 0 Å². The van der Waals surface area contributed by atoms with Crippen LogP contribution in [0.5, 0.6) is 0 Å². The highest BCUT2D eigenvalue weighted by Gasteiger charge is 2.26. The lowest BCUT2D eigenvalue weighted by atomic mass is 10.0. The van der Waals surface area contributed by atoms with Crippen LogP contribution >= 0.6 is 23.2 Å². The minimum atomic E-state index is -0.153. The molecule has 0 N–H and O–H groups in total. The quantitative estimate of drug-likeness (QED) is 0.223. The largest absolute Gasteiger partial charge is 0.383 e. The number of rotatable bonds is 9. The minimum Gasteiger partial charge on any atom is -0.383 e. The zero-order chi connectivity index (χ0) is 26.5. The van der Waals surface area contributed by atoms with Crippen molar-refractivity contribution in [3.8, 4) is 0 Å². The van der Waals surface area contributed by atoms with E-state index in [1.54, 1.807) is 19.2 Å². The van der Waals surface area contributed by atoms with E-state index < -0.39 is 0 Å². The number of halogens is 2. The third kappa shape index (κ3) is 5.74. The molecule has 4 rings (SSSR count). The van der Waals surface area contributed by atoms with Gasteiger partial charge < -0.3 is 14.2 Å². The number of ether oxygens (including phenoxy) is 1. The van der Waals surface area contributed by atoms with Gasteiger partial charge >= 0.3 is 0 Å². The average Bonchev–Trinajstić information content (AvgIpc) is 3.22. The Bertz CT molecular complexity index is 1420. The maximum atomic E-state index is 14.1. The molecular weight excluding hydrogens is 505 g/mol. The van der Waals surface area contributed by atoms with Crippen LogP contribution in [0.25, 0.3) is 23.2 Å². The summed E-state index contributed by atoms with van der Waals surface area (Å²) in [7, 11) is 1.66. The Morgan fingerprint density at radius 2 is 1.76 bits per heavy atom. The standard InChI is InChI=1S/C30H31Cl2N3O2/c1-5-22-11-8-10-20(2)30(22)35(21(3)19-37-4)29(36)18-34-27-15-7-6-14-26(27)33-28(34)17-16-23-24(31)12-9-13-25(23)32/h6-17,21H,5,18-19H2,1-4H3. The Labute approximate surface area is 228 Å². The molecule has 0 aliphatic heterocycles. The van der Waals surface area contributed by atoms with E-state index in [4.69, 9.17) is 32.9 Å². The van der Waals surface area contributed by atoms with Crippen LogP contribution in [0, 0.1) is 6.92 Å². The minimum absolute atomic E-state index is 0.0397. The van der Waals surface area contributed by atoms with Gasteiger partial charge in [0, 0.05) is 22.7 Å². The number of fused-ring (bicyclic) bond motifs is 1. The number of benzene rings is 3. The predicted octanol–water partition coefficient (Wildman–Crippen LogP) is 7.45. The number of nitrogens with zero attached hydrogens (tertiary/aromatic N) is 3. The highest BCUT2D eigenvalue weighted by atomic mass is 35.5. The fourth-order valence-corrected chi connectivity index (χ4v) is 5.21. The van der Waals surface area contributed by atoms with E-state index in [2.05, 4.69) is 13.0 Å². The van der Waals surface area contributed by atoms with Gasteiger partial charge in [0.25, 0.3) is 0 Å². The molecule has 0 saturated carbocycles. The van der Waals surface area contributed by atoms with E-state index in [0.717, 1.165) is 34.3 Å². The average molecular weight is 537 g/mol. The Morgan fingerprint density at radius 3 is 2.46 bits per heavy atom. The van der Waals surface area contributed by atoms with Crippen molar-refractivity contribution in [2.24, 2.45) is 0 Å². The molecule has 1 aromatic heterocycles. The van der Waals surface area contributed by atoms with Crippen LogP contribution < -0.4 is 4.90 Å². The van der Waals surface area contributed by atoms with Crippen LogP contribution in [-0.4, -0.2) is 35.2 Å². The van der Waals surface area contributed by atoms with Crippen LogP contribution in [0.1, 0.15) is 36.4 Å². The van der Waals surface area contributed by atoms with Crippen molar-refractivity contribution in [1.29, 1.82) is 0 Å². The lowest BCUT2D eigenvalue weighted by molar-refractivity contribution is -0.119. The summed E-state index contributed by atoms with van der Waals surface area (Å²) in [5, 5.41) is 1.10. The first-order chi connectivity index (χ1) is 17.8. The van der Waals surface area contributed by atoms with Crippen molar-refractivity contribution in [1.82, 2.24) is 9.55 Å². The van der Waals surface area contributed by atoms with Crippen LogP contribution in [-0.2, 0) is 22.5 Å². The third-order valence-electron chi connectivity index (χ3n) is 6.44. The maximum absolute atomic E-state index is 14.1. The summed E-state index contributed by atoms with van der Waals surface area (Å²) in [5.41, 5.74) is 5.52. The molecule has 0 spiro atoms. The molecule has 1 heterocycles. The van der Waals surface area contributed by atoms with Gasteiger partial charge in [-0.15, -0.1) is 0 Å². The molecule has 0 bridgehead atoms. The van der Waals surface area contributed by atoms with E-state index in [9.17, 15) is 4.79 Å². The van der Waals surface area contributed by atoms with Crippen LogP contribution in [0.15, 0.2) is 60.7 Å². The summed E-state index contributed by atoms with van der Waals surface area (Å²) in [6.07, 6.45) is 4.52. The van der Waals surface area contributed by atoms with Crippen LogP contribution in [0.4, 0.5) is 5.69 Å². The first-order valence-electron chi connectivity index (χ1n) is 12.3. The Balaban J connectivity index is 1.78. The molecule has 3 aromatic carbocycles. The fraction of sp³-hybridized carbons (Fsp3) is 0.267. The first-order valence-corrected chi connectivity index (χ1v) is 13.1. The second-order valence-electron chi connectivity index (χ2n) is 9.02. The SMILES string of the molecule is CCc1cccc(C)c1N(C(=O)Cn1c(C=Cc2c(Cl)cccc2Cl)nc2ccccc21)C(C)COC. The molecule has 7 heteroatoms. The summed E-state index contributed by atoms with van der Waals surface area (Å²) in [5.74, 6) is 0.604. The molecule has 0 fully saturated rings. The monoisotopic (exact) mass is 535 g/mol. The number of imidazole rings is 1. The molecule has 0 saturated heterocycles. The van der Waals surface area contributed by atoms with Crippen LogP contribution in [0.3, 0.4) is 0 Å². The molecule has 1 atom stereocenters. The van der Waals surface area contributed by atoms with Gasteiger partial charge in [-0.05, 0) is 67.8 Å². The zero-order valence-corrected chi connectivity index (χ0v) is 23.1. The van der Waals surface area contributed by atoms with Crippen molar-refractivity contribution in [3.05, 3.63) is 93.2 Å². The van der Waals surface area contributed by atoms with Crippen molar-refractivity contribution in [2.45, 2.75) is 39.8 Å². The highest BCUT2D eigenvalue weighted by Crippen LogP contribution is 2.30. The second kappa shape index (κ2) is 12.0. The van der Waals surface area contributed by atoms with Gasteiger partial charge in [-0.2, -0.15) is 0 Å². The number of anilines is 1. The van der Waals surface area contributed by atoms with Gasteiger partial charge in [-0.1, -0.05) is 66.5 Å². The number of para-hydroxylation sites is 3. The predicted molar refractivity (Wildman–Crippen MR) is 155 cm³/mol. The summed E-state index contributed by atoms with van der Waals surface area (Å²) in [6.45, 7) is 6.70. The lowest BCUT2D eigenvalue weighted by Crippen LogP contribution is -2.44. The van der Waals surface area contributed by atoms with E-state index >= 15 is 0 Å². The van der Waals surface area contributed by atoms with Gasteiger partial charge in [-0.25, -0.2) is 4.98 Å². The Morgan fingerprint density at radius 1 is 1.05 bits per heavy atom. The molecule has 4 aromatic rings. The second-order valence-corrected chi connectivity index (χ2v) is 9.83. The summed E-state index contributed by atoms with van der Waals surface area (Å²) < 4.78 is 7.40. The Hall–Kier alpha value is -3.12. The molecule has 0 aliphatic carbocycles. The number of hydrogen-bond acceptors (Lipinski definition) is 3. The van der Waals surface area contributed by atoms with Crippen molar-refractivity contribution in [2.75, 3.05) is 18.6 Å². The number of carbonyl (C=O) groups excluding carboxylic acids is 1. The van der Waals surface area contributed by atoms with Crippen LogP contribution in [0.2, 0.25) is 10.0 Å².